The van der Waals surface area contributed by atoms with Gasteiger partial charge in [0.25, 0.3) is 5.91 Å². The summed E-state index contributed by atoms with van der Waals surface area (Å²) in [5, 5.41) is 14.0. The Kier molecular flexibility index (Phi) is 6.14. The van der Waals surface area contributed by atoms with Crippen LogP contribution in [0.4, 0.5) is 0 Å². The zero-order valence-electron chi connectivity index (χ0n) is 9.49. The lowest BCUT2D eigenvalue weighted by Gasteiger charge is -2.07. The number of benzene rings is 1. The van der Waals surface area contributed by atoms with Gasteiger partial charge < -0.3 is 16.3 Å². The molecule has 0 bridgehead atoms. The largest absolute Gasteiger partial charge is 0.409 e. The van der Waals surface area contributed by atoms with E-state index in [9.17, 15) is 4.79 Å². The molecule has 0 aliphatic rings. The van der Waals surface area contributed by atoms with Crippen molar-refractivity contribution in [2.75, 3.05) is 6.54 Å². The van der Waals surface area contributed by atoms with Gasteiger partial charge in [-0.3, -0.25) is 4.79 Å². The molecule has 1 aromatic carbocycles. The van der Waals surface area contributed by atoms with Crippen LogP contribution in [-0.2, 0) is 0 Å². The van der Waals surface area contributed by atoms with E-state index in [1.807, 2.05) is 6.07 Å². The second-order valence-corrected chi connectivity index (χ2v) is 5.34. The zero-order chi connectivity index (χ0) is 13.5. The van der Waals surface area contributed by atoms with Gasteiger partial charge in [-0.15, -0.1) is 0 Å². The summed E-state index contributed by atoms with van der Waals surface area (Å²) >= 11 is 6.65. The maximum atomic E-state index is 11.8. The quantitative estimate of drug-likeness (QED) is 0.242. The summed E-state index contributed by atoms with van der Waals surface area (Å²) in [6.45, 7) is 0.470. The van der Waals surface area contributed by atoms with E-state index in [0.29, 0.717) is 24.9 Å². The van der Waals surface area contributed by atoms with E-state index in [4.69, 9.17) is 10.9 Å². The Morgan fingerprint density at radius 2 is 2.17 bits per heavy atom. The standard InChI is InChI=1S/C11H13Br2N3O2/c12-7-3-4-8(9(13)6-7)11(17)15-5-1-2-10(14)16-18/h3-4,6,18H,1-2,5H2,(H2,14,16)(H,15,17). The number of rotatable bonds is 5. The van der Waals surface area contributed by atoms with Gasteiger partial charge in [0.2, 0.25) is 0 Å². The van der Waals surface area contributed by atoms with E-state index in [0.717, 1.165) is 8.95 Å². The number of carbonyl (C=O) groups excluding carboxylic acids is 1. The zero-order valence-corrected chi connectivity index (χ0v) is 12.7. The molecule has 0 spiro atoms. The molecule has 1 aromatic rings. The second kappa shape index (κ2) is 7.38. The number of amides is 1. The Morgan fingerprint density at radius 1 is 1.44 bits per heavy atom. The van der Waals surface area contributed by atoms with E-state index in [1.54, 1.807) is 12.1 Å². The van der Waals surface area contributed by atoms with E-state index < -0.39 is 0 Å². The molecule has 1 amide bonds. The molecule has 0 saturated carbocycles. The Hall–Kier alpha value is -1.08. The molecule has 0 unspecified atom stereocenters. The summed E-state index contributed by atoms with van der Waals surface area (Å²) in [7, 11) is 0. The van der Waals surface area contributed by atoms with Crippen LogP contribution in [0.5, 0.6) is 0 Å². The van der Waals surface area contributed by atoms with Gasteiger partial charge in [-0.05, 0) is 40.5 Å². The van der Waals surface area contributed by atoms with Crippen molar-refractivity contribution in [2.24, 2.45) is 10.9 Å². The first kappa shape index (κ1) is 15.0. The van der Waals surface area contributed by atoms with Crippen molar-refractivity contribution in [3.05, 3.63) is 32.7 Å². The number of halogens is 2. The molecule has 0 saturated heterocycles. The molecule has 0 atom stereocenters. The minimum absolute atomic E-state index is 0.158. The molecule has 5 nitrogen and oxygen atoms in total. The molecule has 0 radical (unpaired) electrons. The van der Waals surface area contributed by atoms with Crippen molar-refractivity contribution >= 4 is 43.6 Å². The third kappa shape index (κ3) is 4.66. The van der Waals surface area contributed by atoms with Crippen LogP contribution in [0.15, 0.2) is 32.3 Å². The van der Waals surface area contributed by atoms with Crippen molar-refractivity contribution in [3.63, 3.8) is 0 Å². The minimum Gasteiger partial charge on any atom is -0.409 e. The molecule has 0 heterocycles. The van der Waals surface area contributed by atoms with Crippen molar-refractivity contribution in [1.29, 1.82) is 0 Å². The molecule has 98 valence electrons. The lowest BCUT2D eigenvalue weighted by molar-refractivity contribution is 0.0952. The van der Waals surface area contributed by atoms with Gasteiger partial charge in [-0.2, -0.15) is 0 Å². The first-order chi connectivity index (χ1) is 8.54. The van der Waals surface area contributed by atoms with Gasteiger partial charge in [0.1, 0.15) is 5.84 Å². The number of hydrogen-bond donors (Lipinski definition) is 3. The fourth-order valence-corrected chi connectivity index (χ4v) is 2.52. The van der Waals surface area contributed by atoms with Crippen LogP contribution < -0.4 is 11.1 Å². The van der Waals surface area contributed by atoms with Gasteiger partial charge in [-0.25, -0.2) is 0 Å². The molecule has 18 heavy (non-hydrogen) atoms. The maximum absolute atomic E-state index is 11.8. The monoisotopic (exact) mass is 377 g/mol. The highest BCUT2D eigenvalue weighted by molar-refractivity contribution is 9.11. The van der Waals surface area contributed by atoms with Gasteiger partial charge in [0.15, 0.2) is 0 Å². The topological polar surface area (TPSA) is 87.7 Å². The van der Waals surface area contributed by atoms with Crippen LogP contribution in [0, 0.1) is 0 Å². The summed E-state index contributed by atoms with van der Waals surface area (Å²) < 4.78 is 1.63. The summed E-state index contributed by atoms with van der Waals surface area (Å²) in [6, 6.07) is 5.34. The third-order valence-corrected chi connectivity index (χ3v) is 3.35. The molecule has 0 aromatic heterocycles. The summed E-state index contributed by atoms with van der Waals surface area (Å²) in [5.74, 6) is 0.00274. The Labute approximate surface area is 122 Å². The minimum atomic E-state index is -0.158. The number of nitrogens with zero attached hydrogens (tertiary/aromatic N) is 1. The molecule has 4 N–H and O–H groups in total. The van der Waals surface area contributed by atoms with Gasteiger partial charge in [0, 0.05) is 21.9 Å². The molecule has 0 aliphatic heterocycles. The van der Waals surface area contributed by atoms with E-state index >= 15 is 0 Å². The van der Waals surface area contributed by atoms with Crippen molar-refractivity contribution in [2.45, 2.75) is 12.8 Å². The molecule has 0 aliphatic carbocycles. The summed E-state index contributed by atoms with van der Waals surface area (Å²) in [5.41, 5.74) is 5.89. The molecule has 7 heteroatoms. The SMILES string of the molecule is N/C(CCCNC(=O)c1ccc(Br)cc1Br)=N/O. The van der Waals surface area contributed by atoms with Gasteiger partial charge in [0.05, 0.1) is 5.56 Å². The highest BCUT2D eigenvalue weighted by atomic mass is 79.9. The Bertz CT molecular complexity index is 464. The average molecular weight is 379 g/mol. The van der Waals surface area contributed by atoms with Gasteiger partial charge >= 0.3 is 0 Å². The molecule has 0 fully saturated rings. The van der Waals surface area contributed by atoms with E-state index in [-0.39, 0.29) is 11.7 Å². The maximum Gasteiger partial charge on any atom is 0.252 e. The van der Waals surface area contributed by atoms with Crippen LogP contribution in [0.1, 0.15) is 23.2 Å². The lowest BCUT2D eigenvalue weighted by atomic mass is 10.2. The summed E-state index contributed by atoms with van der Waals surface area (Å²) in [6.07, 6.45) is 1.06. The molecular formula is C11H13Br2N3O2. The van der Waals surface area contributed by atoms with Crippen LogP contribution in [0.2, 0.25) is 0 Å². The number of oxime groups is 1. The Morgan fingerprint density at radius 3 is 2.78 bits per heavy atom. The van der Waals surface area contributed by atoms with Crippen molar-refractivity contribution < 1.29 is 10.0 Å². The average Bonchev–Trinajstić information content (AvgIpc) is 2.34. The number of nitrogens with two attached hydrogens (primary N) is 1. The normalized spacial score (nSPS) is 11.3. The van der Waals surface area contributed by atoms with Crippen LogP contribution in [-0.4, -0.2) is 23.5 Å². The molecular weight excluding hydrogens is 366 g/mol. The third-order valence-electron chi connectivity index (χ3n) is 2.20. The smallest absolute Gasteiger partial charge is 0.252 e. The van der Waals surface area contributed by atoms with Crippen molar-refractivity contribution in [1.82, 2.24) is 5.32 Å². The highest BCUT2D eigenvalue weighted by Crippen LogP contribution is 2.21. The van der Waals surface area contributed by atoms with Crippen molar-refractivity contribution in [3.8, 4) is 0 Å². The number of amidine groups is 1. The predicted octanol–water partition coefficient (Wildman–Crippen LogP) is 2.47. The fourth-order valence-electron chi connectivity index (χ4n) is 1.29. The first-order valence-corrected chi connectivity index (χ1v) is 6.83. The number of nitrogens with one attached hydrogen (secondary N) is 1. The number of hydrogen-bond acceptors (Lipinski definition) is 3. The van der Waals surface area contributed by atoms with Crippen LogP contribution in [0.3, 0.4) is 0 Å². The first-order valence-electron chi connectivity index (χ1n) is 5.24. The van der Waals surface area contributed by atoms with E-state index in [2.05, 4.69) is 42.3 Å². The summed E-state index contributed by atoms with van der Waals surface area (Å²) in [4.78, 5) is 11.8. The predicted molar refractivity (Wildman–Crippen MR) is 76.8 cm³/mol. The van der Waals surface area contributed by atoms with E-state index in [1.165, 1.54) is 0 Å². The van der Waals surface area contributed by atoms with Crippen LogP contribution in [0.25, 0.3) is 0 Å². The van der Waals surface area contributed by atoms with Gasteiger partial charge in [-0.1, -0.05) is 21.1 Å². The highest BCUT2D eigenvalue weighted by Gasteiger charge is 2.09. The fraction of sp³-hybridized carbons (Fsp3) is 0.273. The molecule has 1 rings (SSSR count). The number of carbonyl (C=O) groups is 1. The Balaban J connectivity index is 2.46. The second-order valence-electron chi connectivity index (χ2n) is 3.57. The lowest BCUT2D eigenvalue weighted by Crippen LogP contribution is -2.26. The van der Waals surface area contributed by atoms with Crippen LogP contribution >= 0.6 is 31.9 Å².